The van der Waals surface area contributed by atoms with E-state index >= 15 is 0 Å². The molecular formula is C12H22N2O2. The van der Waals surface area contributed by atoms with Gasteiger partial charge in [-0.25, -0.2) is 0 Å². The van der Waals surface area contributed by atoms with Gasteiger partial charge in [0.15, 0.2) is 0 Å². The zero-order valence-electron chi connectivity index (χ0n) is 10.4. The van der Waals surface area contributed by atoms with Gasteiger partial charge in [0, 0.05) is 18.6 Å². The van der Waals surface area contributed by atoms with E-state index in [0.29, 0.717) is 18.4 Å². The zero-order chi connectivity index (χ0) is 11.7. The Kier molecular flexibility index (Phi) is 3.50. The minimum Gasteiger partial charge on any atom is -0.381 e. The van der Waals surface area contributed by atoms with Crippen LogP contribution in [0.2, 0.25) is 0 Å². The predicted octanol–water partition coefficient (Wildman–Crippen LogP) is 0.825. The van der Waals surface area contributed by atoms with Crippen molar-refractivity contribution in [2.75, 3.05) is 19.8 Å². The van der Waals surface area contributed by atoms with Gasteiger partial charge in [-0.15, -0.1) is 0 Å². The Morgan fingerprint density at radius 1 is 1.44 bits per heavy atom. The quantitative estimate of drug-likeness (QED) is 0.775. The lowest BCUT2D eigenvalue weighted by Gasteiger charge is -2.35. The second kappa shape index (κ2) is 4.72. The highest BCUT2D eigenvalue weighted by Crippen LogP contribution is 2.26. The molecule has 0 spiro atoms. The van der Waals surface area contributed by atoms with Crippen LogP contribution in [0.15, 0.2) is 0 Å². The fourth-order valence-corrected chi connectivity index (χ4v) is 2.73. The number of nitrogens with zero attached hydrogens (tertiary/aromatic N) is 1. The zero-order valence-corrected chi connectivity index (χ0v) is 10.4. The molecule has 1 amide bonds. The van der Waals surface area contributed by atoms with Crippen molar-refractivity contribution in [2.45, 2.75) is 39.4 Å². The number of hydrogen-bond donors (Lipinski definition) is 1. The largest absolute Gasteiger partial charge is 0.381 e. The third kappa shape index (κ3) is 2.09. The Hall–Kier alpha value is -0.610. The Bertz CT molecular complexity index is 262. The standard InChI is InChI=1S/C12H22N2O2/c1-8(2)12-13-6-11(15)14(12)9(3)10-4-5-16-7-10/h8-10,12-13H,4-7H2,1-3H3. The average Bonchev–Trinajstić information content (AvgIpc) is 2.84. The molecule has 3 atom stereocenters. The summed E-state index contributed by atoms with van der Waals surface area (Å²) in [4.78, 5) is 13.9. The smallest absolute Gasteiger partial charge is 0.238 e. The SMILES string of the molecule is CC(C)C1NCC(=O)N1C(C)C1CCOC1. The molecule has 2 fully saturated rings. The number of ether oxygens (including phenoxy) is 1. The van der Waals surface area contributed by atoms with Crippen LogP contribution in [0.1, 0.15) is 27.2 Å². The maximum absolute atomic E-state index is 11.9. The molecule has 92 valence electrons. The van der Waals surface area contributed by atoms with E-state index in [1.165, 1.54) is 0 Å². The number of amides is 1. The van der Waals surface area contributed by atoms with E-state index < -0.39 is 0 Å². The van der Waals surface area contributed by atoms with Crippen molar-refractivity contribution < 1.29 is 9.53 Å². The van der Waals surface area contributed by atoms with Crippen LogP contribution >= 0.6 is 0 Å². The Morgan fingerprint density at radius 3 is 2.75 bits per heavy atom. The molecule has 0 aromatic rings. The van der Waals surface area contributed by atoms with Crippen molar-refractivity contribution in [1.82, 2.24) is 10.2 Å². The summed E-state index contributed by atoms with van der Waals surface area (Å²) in [5.41, 5.74) is 0. The van der Waals surface area contributed by atoms with E-state index in [1.54, 1.807) is 0 Å². The van der Waals surface area contributed by atoms with Gasteiger partial charge in [-0.05, 0) is 19.3 Å². The summed E-state index contributed by atoms with van der Waals surface area (Å²) in [6.45, 7) is 8.59. The second-order valence-electron chi connectivity index (χ2n) is 5.24. The highest BCUT2D eigenvalue weighted by atomic mass is 16.5. The summed E-state index contributed by atoms with van der Waals surface area (Å²) in [6, 6.07) is 0.289. The highest BCUT2D eigenvalue weighted by Gasteiger charge is 2.39. The monoisotopic (exact) mass is 226 g/mol. The summed E-state index contributed by atoms with van der Waals surface area (Å²) in [5, 5.41) is 3.30. The van der Waals surface area contributed by atoms with Crippen LogP contribution in [0.3, 0.4) is 0 Å². The molecule has 1 N–H and O–H groups in total. The molecular weight excluding hydrogens is 204 g/mol. The molecule has 2 rings (SSSR count). The lowest BCUT2D eigenvalue weighted by atomic mass is 9.97. The molecule has 0 aromatic carbocycles. The molecule has 4 heteroatoms. The first-order valence-corrected chi connectivity index (χ1v) is 6.23. The van der Waals surface area contributed by atoms with E-state index in [1.807, 2.05) is 4.90 Å². The summed E-state index contributed by atoms with van der Waals surface area (Å²) in [5.74, 6) is 1.19. The number of carbonyl (C=O) groups is 1. The molecule has 2 saturated heterocycles. The van der Waals surface area contributed by atoms with Crippen molar-refractivity contribution >= 4 is 5.91 Å². The molecule has 4 nitrogen and oxygen atoms in total. The first-order chi connectivity index (χ1) is 7.61. The number of nitrogens with one attached hydrogen (secondary N) is 1. The molecule has 0 aliphatic carbocycles. The van der Waals surface area contributed by atoms with Gasteiger partial charge < -0.3 is 9.64 Å². The van der Waals surface area contributed by atoms with Gasteiger partial charge in [0.2, 0.25) is 5.91 Å². The van der Waals surface area contributed by atoms with Crippen molar-refractivity contribution in [3.05, 3.63) is 0 Å². The van der Waals surface area contributed by atoms with Crippen LogP contribution in [-0.2, 0) is 9.53 Å². The fraction of sp³-hybridized carbons (Fsp3) is 0.917. The van der Waals surface area contributed by atoms with E-state index in [9.17, 15) is 4.79 Å². The highest BCUT2D eigenvalue weighted by molar-refractivity contribution is 5.81. The maximum Gasteiger partial charge on any atom is 0.238 e. The van der Waals surface area contributed by atoms with Crippen LogP contribution in [0.4, 0.5) is 0 Å². The van der Waals surface area contributed by atoms with E-state index in [4.69, 9.17) is 4.74 Å². The van der Waals surface area contributed by atoms with Crippen molar-refractivity contribution in [3.8, 4) is 0 Å². The van der Waals surface area contributed by atoms with Gasteiger partial charge in [-0.1, -0.05) is 13.8 Å². The van der Waals surface area contributed by atoms with Gasteiger partial charge in [0.1, 0.15) is 0 Å². The number of hydrogen-bond acceptors (Lipinski definition) is 3. The molecule has 2 aliphatic rings. The lowest BCUT2D eigenvalue weighted by Crippen LogP contribution is -2.49. The Balaban J connectivity index is 2.07. The van der Waals surface area contributed by atoms with Crippen LogP contribution in [0.5, 0.6) is 0 Å². The van der Waals surface area contributed by atoms with Gasteiger partial charge in [0.25, 0.3) is 0 Å². The molecule has 0 bridgehead atoms. The van der Waals surface area contributed by atoms with Crippen molar-refractivity contribution in [2.24, 2.45) is 11.8 Å². The van der Waals surface area contributed by atoms with E-state index in [2.05, 4.69) is 26.1 Å². The molecule has 2 heterocycles. The third-order valence-corrected chi connectivity index (χ3v) is 3.77. The molecule has 0 aromatic heterocycles. The average molecular weight is 226 g/mol. The predicted molar refractivity (Wildman–Crippen MR) is 61.9 cm³/mol. The number of rotatable bonds is 3. The van der Waals surface area contributed by atoms with Gasteiger partial charge >= 0.3 is 0 Å². The molecule has 2 aliphatic heterocycles. The minimum absolute atomic E-state index is 0.197. The van der Waals surface area contributed by atoms with Crippen molar-refractivity contribution in [3.63, 3.8) is 0 Å². The van der Waals surface area contributed by atoms with Crippen LogP contribution in [0, 0.1) is 11.8 Å². The van der Waals surface area contributed by atoms with E-state index in [0.717, 1.165) is 19.6 Å². The summed E-state index contributed by atoms with van der Waals surface area (Å²) >= 11 is 0. The Labute approximate surface area is 97.3 Å². The number of carbonyl (C=O) groups excluding carboxylic acids is 1. The normalized spacial score (nSPS) is 32.8. The van der Waals surface area contributed by atoms with Gasteiger partial charge in [-0.3, -0.25) is 10.1 Å². The second-order valence-corrected chi connectivity index (χ2v) is 5.24. The topological polar surface area (TPSA) is 41.6 Å². The first-order valence-electron chi connectivity index (χ1n) is 6.23. The molecule has 0 saturated carbocycles. The first kappa shape index (κ1) is 11.9. The van der Waals surface area contributed by atoms with E-state index in [-0.39, 0.29) is 18.1 Å². The third-order valence-electron chi connectivity index (χ3n) is 3.77. The van der Waals surface area contributed by atoms with Crippen molar-refractivity contribution in [1.29, 1.82) is 0 Å². The van der Waals surface area contributed by atoms with Crippen LogP contribution < -0.4 is 5.32 Å². The fourth-order valence-electron chi connectivity index (χ4n) is 2.73. The minimum atomic E-state index is 0.197. The van der Waals surface area contributed by atoms with Crippen LogP contribution in [0.25, 0.3) is 0 Å². The lowest BCUT2D eigenvalue weighted by molar-refractivity contribution is -0.131. The molecule has 3 unspecified atom stereocenters. The molecule has 0 radical (unpaired) electrons. The van der Waals surface area contributed by atoms with Gasteiger partial charge in [-0.2, -0.15) is 0 Å². The summed E-state index contributed by atoms with van der Waals surface area (Å²) in [6.07, 6.45) is 1.28. The van der Waals surface area contributed by atoms with Crippen LogP contribution in [-0.4, -0.2) is 42.8 Å². The summed E-state index contributed by atoms with van der Waals surface area (Å²) < 4.78 is 5.41. The maximum atomic E-state index is 11.9. The Morgan fingerprint density at radius 2 is 2.19 bits per heavy atom. The molecule has 16 heavy (non-hydrogen) atoms. The van der Waals surface area contributed by atoms with Gasteiger partial charge in [0.05, 0.1) is 19.3 Å². The summed E-state index contributed by atoms with van der Waals surface area (Å²) in [7, 11) is 0.